The molecule has 0 radical (unpaired) electrons. The fourth-order valence-electron chi connectivity index (χ4n) is 4.62. The number of hydrogen-bond donors (Lipinski definition) is 2. The van der Waals surface area contributed by atoms with Crippen LogP contribution >= 0.6 is 0 Å². The maximum absolute atomic E-state index is 9.43. The third kappa shape index (κ3) is 8.20. The van der Waals surface area contributed by atoms with Gasteiger partial charge in [0.15, 0.2) is 0 Å². The van der Waals surface area contributed by atoms with Crippen molar-refractivity contribution in [2.75, 3.05) is 24.4 Å². The summed E-state index contributed by atoms with van der Waals surface area (Å²) in [5.41, 5.74) is 5.23. The zero-order valence-corrected chi connectivity index (χ0v) is 23.9. The summed E-state index contributed by atoms with van der Waals surface area (Å²) in [6, 6.07) is 26.6. The van der Waals surface area contributed by atoms with Gasteiger partial charge in [-0.2, -0.15) is 4.98 Å². The van der Waals surface area contributed by atoms with Gasteiger partial charge in [-0.05, 0) is 59.9 Å². The Morgan fingerprint density at radius 2 is 1.30 bits per heavy atom. The lowest BCUT2D eigenvalue weighted by atomic mass is 10.1. The minimum Gasteiger partial charge on any atom is -0.497 e. The first-order chi connectivity index (χ1) is 19.5. The summed E-state index contributed by atoms with van der Waals surface area (Å²) in [5, 5.41) is 13.0. The molecule has 1 atom stereocenters. The third-order valence-electron chi connectivity index (χ3n) is 6.82. The van der Waals surface area contributed by atoms with Crippen molar-refractivity contribution in [2.45, 2.75) is 58.8 Å². The molecule has 2 N–H and O–H groups in total. The van der Waals surface area contributed by atoms with Crippen molar-refractivity contribution in [3.05, 3.63) is 107 Å². The molecule has 4 rings (SSSR count). The average Bonchev–Trinajstić information content (AvgIpc) is 2.98. The van der Waals surface area contributed by atoms with Crippen LogP contribution < -0.4 is 19.7 Å². The van der Waals surface area contributed by atoms with Crippen molar-refractivity contribution < 1.29 is 14.6 Å². The summed E-state index contributed by atoms with van der Waals surface area (Å²) < 4.78 is 10.7. The highest BCUT2D eigenvalue weighted by Crippen LogP contribution is 2.24. The van der Waals surface area contributed by atoms with Crippen LogP contribution in [0.15, 0.2) is 78.9 Å². The molecule has 0 aliphatic carbocycles. The Balaban J connectivity index is 1.70. The largest absolute Gasteiger partial charge is 0.497 e. The number of aromatic nitrogens is 2. The molecular weight excluding hydrogens is 500 g/mol. The molecule has 7 nitrogen and oxygen atoms in total. The van der Waals surface area contributed by atoms with E-state index in [4.69, 9.17) is 19.4 Å². The van der Waals surface area contributed by atoms with Gasteiger partial charge in [-0.15, -0.1) is 0 Å². The Kier molecular flexibility index (Phi) is 10.4. The first kappa shape index (κ1) is 28.9. The molecule has 0 fully saturated rings. The SMILES string of the molecule is CCCC(C)Nc1cc(Cc2ccc(CO)cc2)nc(N(Cc2ccc(OC)cc2)Cc2ccc(OC)cc2)n1. The molecule has 0 aliphatic rings. The molecule has 1 heterocycles. The van der Waals surface area contributed by atoms with Gasteiger partial charge in [-0.25, -0.2) is 4.98 Å². The van der Waals surface area contributed by atoms with E-state index in [9.17, 15) is 5.11 Å². The monoisotopic (exact) mass is 540 g/mol. The first-order valence-corrected chi connectivity index (χ1v) is 13.8. The number of ether oxygens (including phenoxy) is 2. The highest BCUT2D eigenvalue weighted by atomic mass is 16.5. The lowest BCUT2D eigenvalue weighted by Gasteiger charge is -2.25. The minimum absolute atomic E-state index is 0.0347. The summed E-state index contributed by atoms with van der Waals surface area (Å²) in [5.74, 6) is 3.14. The van der Waals surface area contributed by atoms with Crippen molar-refractivity contribution >= 4 is 11.8 Å². The van der Waals surface area contributed by atoms with E-state index in [0.717, 1.165) is 58.1 Å². The van der Waals surface area contributed by atoms with Gasteiger partial charge < -0.3 is 24.8 Å². The summed E-state index contributed by atoms with van der Waals surface area (Å²) in [6.07, 6.45) is 2.81. The molecule has 1 unspecified atom stereocenters. The predicted molar refractivity (Wildman–Crippen MR) is 161 cm³/mol. The molecule has 0 aliphatic heterocycles. The lowest BCUT2D eigenvalue weighted by molar-refractivity contribution is 0.282. The molecule has 0 saturated heterocycles. The Hall–Kier alpha value is -4.10. The maximum atomic E-state index is 9.43. The third-order valence-corrected chi connectivity index (χ3v) is 6.82. The van der Waals surface area contributed by atoms with Crippen LogP contribution in [0.25, 0.3) is 0 Å². The standard InChI is InChI=1S/C33H40N4O3/c1-5-6-24(2)34-32-20-29(19-25-7-9-28(23-38)10-8-25)35-33(36-32)37(21-26-11-15-30(39-3)16-12-26)22-27-13-17-31(40-4)18-14-27/h7-18,20,24,38H,5-6,19,21-23H2,1-4H3,(H,34,35,36). The molecule has 4 aromatic rings. The van der Waals surface area contributed by atoms with Gasteiger partial charge >= 0.3 is 0 Å². The van der Waals surface area contributed by atoms with Crippen LogP contribution in [-0.2, 0) is 26.1 Å². The van der Waals surface area contributed by atoms with Crippen molar-refractivity contribution in [3.8, 4) is 11.5 Å². The molecule has 1 aromatic heterocycles. The number of hydrogen-bond acceptors (Lipinski definition) is 7. The van der Waals surface area contributed by atoms with Crippen molar-refractivity contribution in [3.63, 3.8) is 0 Å². The fraction of sp³-hybridized carbons (Fsp3) is 0.333. The second-order valence-electron chi connectivity index (χ2n) is 10.1. The lowest BCUT2D eigenvalue weighted by Crippen LogP contribution is -2.26. The van der Waals surface area contributed by atoms with Crippen molar-refractivity contribution in [1.29, 1.82) is 0 Å². The smallest absolute Gasteiger partial charge is 0.228 e. The molecule has 3 aromatic carbocycles. The van der Waals surface area contributed by atoms with Gasteiger partial charge in [0.05, 0.1) is 26.5 Å². The van der Waals surface area contributed by atoms with Gasteiger partial charge in [0.2, 0.25) is 5.95 Å². The number of nitrogens with one attached hydrogen (secondary N) is 1. The van der Waals surface area contributed by atoms with Crippen molar-refractivity contribution in [2.24, 2.45) is 0 Å². The summed E-state index contributed by atoms with van der Waals surface area (Å²) in [6.45, 7) is 5.68. The Morgan fingerprint density at radius 1 is 0.775 bits per heavy atom. The van der Waals surface area contributed by atoms with Crippen LogP contribution in [-0.4, -0.2) is 35.3 Å². The maximum Gasteiger partial charge on any atom is 0.228 e. The molecule has 0 saturated carbocycles. The van der Waals surface area contributed by atoms with Crippen LogP contribution in [0.3, 0.4) is 0 Å². The second kappa shape index (κ2) is 14.3. The molecule has 0 amide bonds. The molecule has 40 heavy (non-hydrogen) atoms. The molecule has 0 spiro atoms. The van der Waals surface area contributed by atoms with E-state index in [1.807, 2.05) is 48.5 Å². The average molecular weight is 541 g/mol. The van der Waals surface area contributed by atoms with Crippen LogP contribution in [0.1, 0.15) is 54.6 Å². The van der Waals surface area contributed by atoms with E-state index < -0.39 is 0 Å². The number of rotatable bonds is 14. The van der Waals surface area contributed by atoms with Crippen LogP contribution in [0.4, 0.5) is 11.8 Å². The Labute approximate surface area is 237 Å². The summed E-state index contributed by atoms with van der Waals surface area (Å²) in [4.78, 5) is 12.3. The number of nitrogens with zero attached hydrogens (tertiary/aromatic N) is 3. The predicted octanol–water partition coefficient (Wildman–Crippen LogP) is 6.38. The molecule has 0 bridgehead atoms. The second-order valence-corrected chi connectivity index (χ2v) is 10.1. The zero-order valence-electron chi connectivity index (χ0n) is 23.9. The number of benzene rings is 3. The van der Waals surface area contributed by atoms with E-state index in [1.54, 1.807) is 14.2 Å². The number of aliphatic hydroxyl groups excluding tert-OH is 1. The van der Waals surface area contributed by atoms with Gasteiger partial charge in [-0.1, -0.05) is 61.9 Å². The topological polar surface area (TPSA) is 79.7 Å². The van der Waals surface area contributed by atoms with E-state index in [1.165, 1.54) is 0 Å². The number of anilines is 2. The van der Waals surface area contributed by atoms with Gasteiger partial charge in [0, 0.05) is 31.6 Å². The Morgan fingerprint density at radius 3 is 1.80 bits per heavy atom. The van der Waals surface area contributed by atoms with E-state index in [-0.39, 0.29) is 6.61 Å². The Bertz CT molecular complexity index is 1280. The van der Waals surface area contributed by atoms with Gasteiger partial charge in [-0.3, -0.25) is 0 Å². The number of aliphatic hydroxyl groups is 1. The number of methoxy groups -OCH3 is 2. The van der Waals surface area contributed by atoms with Crippen LogP contribution in [0.5, 0.6) is 11.5 Å². The fourth-order valence-corrected chi connectivity index (χ4v) is 4.62. The van der Waals surface area contributed by atoms with Gasteiger partial charge in [0.25, 0.3) is 0 Å². The quantitative estimate of drug-likeness (QED) is 0.192. The first-order valence-electron chi connectivity index (χ1n) is 13.8. The highest BCUT2D eigenvalue weighted by Gasteiger charge is 2.16. The minimum atomic E-state index is 0.0347. The van der Waals surface area contributed by atoms with Crippen LogP contribution in [0, 0.1) is 0 Å². The molecular formula is C33H40N4O3. The van der Waals surface area contributed by atoms with E-state index in [0.29, 0.717) is 31.5 Å². The highest BCUT2D eigenvalue weighted by molar-refractivity contribution is 5.47. The zero-order chi connectivity index (χ0) is 28.3. The summed E-state index contributed by atoms with van der Waals surface area (Å²) >= 11 is 0. The summed E-state index contributed by atoms with van der Waals surface area (Å²) in [7, 11) is 3.35. The van der Waals surface area contributed by atoms with E-state index in [2.05, 4.69) is 54.4 Å². The van der Waals surface area contributed by atoms with Crippen molar-refractivity contribution in [1.82, 2.24) is 9.97 Å². The van der Waals surface area contributed by atoms with Gasteiger partial charge in [0.1, 0.15) is 17.3 Å². The molecule has 7 heteroatoms. The molecule has 210 valence electrons. The van der Waals surface area contributed by atoms with Crippen LogP contribution in [0.2, 0.25) is 0 Å². The van der Waals surface area contributed by atoms with E-state index >= 15 is 0 Å². The normalized spacial score (nSPS) is 11.6.